The van der Waals surface area contributed by atoms with Crippen LogP contribution in [0.1, 0.15) is 19.0 Å². The van der Waals surface area contributed by atoms with Gasteiger partial charge in [0.05, 0.1) is 0 Å². The summed E-state index contributed by atoms with van der Waals surface area (Å²) in [4.78, 5) is 9.74. The molecule has 0 spiro atoms. The lowest BCUT2D eigenvalue weighted by molar-refractivity contribution is 0.386. The van der Waals surface area contributed by atoms with Crippen molar-refractivity contribution in [3.8, 4) is 0 Å². The summed E-state index contributed by atoms with van der Waals surface area (Å²) in [5.74, 6) is 2.04. The number of pyridine rings is 1. The highest BCUT2D eigenvalue weighted by Gasteiger charge is 2.40. The monoisotopic (exact) mass is 231 g/mol. The first-order valence-electron chi connectivity index (χ1n) is 6.69. The summed E-state index contributed by atoms with van der Waals surface area (Å²) in [7, 11) is 2.23. The Balaban J connectivity index is 1.84. The van der Waals surface area contributed by atoms with E-state index in [0.29, 0.717) is 6.04 Å². The summed E-state index contributed by atoms with van der Waals surface area (Å²) in [6, 6.07) is 7.13. The number of hydrogen-bond acceptors (Lipinski definition) is 3. The van der Waals surface area contributed by atoms with Crippen molar-refractivity contribution in [1.82, 2.24) is 9.88 Å². The van der Waals surface area contributed by atoms with E-state index in [-0.39, 0.29) is 0 Å². The van der Waals surface area contributed by atoms with Crippen molar-refractivity contribution in [3.05, 3.63) is 23.9 Å². The molecule has 1 aromatic heterocycles. The van der Waals surface area contributed by atoms with Crippen LogP contribution in [0.3, 0.4) is 0 Å². The van der Waals surface area contributed by atoms with Gasteiger partial charge in [0, 0.05) is 31.4 Å². The van der Waals surface area contributed by atoms with Crippen molar-refractivity contribution in [3.63, 3.8) is 0 Å². The first-order chi connectivity index (χ1) is 8.28. The van der Waals surface area contributed by atoms with E-state index in [9.17, 15) is 0 Å². The van der Waals surface area contributed by atoms with Crippen molar-refractivity contribution >= 4 is 5.82 Å². The lowest BCUT2D eigenvalue weighted by atomic mass is 10.1. The molecule has 2 atom stereocenters. The number of rotatable bonds is 2. The molecular formula is C14H21N3. The van der Waals surface area contributed by atoms with Gasteiger partial charge in [-0.25, -0.2) is 4.98 Å². The number of likely N-dealkylation sites (N-methyl/N-ethyl adjacent to an activating group) is 1. The average molecular weight is 231 g/mol. The number of aromatic nitrogens is 1. The highest BCUT2D eigenvalue weighted by atomic mass is 15.3. The number of anilines is 1. The third-order valence-corrected chi connectivity index (χ3v) is 4.18. The van der Waals surface area contributed by atoms with Crippen LogP contribution in [0.15, 0.2) is 18.2 Å². The van der Waals surface area contributed by atoms with Crippen LogP contribution in [0.25, 0.3) is 0 Å². The molecule has 3 nitrogen and oxygen atoms in total. The molecule has 3 rings (SSSR count). The van der Waals surface area contributed by atoms with Gasteiger partial charge >= 0.3 is 0 Å². The molecule has 2 aliphatic rings. The number of hydrogen-bond donors (Lipinski definition) is 0. The number of aryl methyl sites for hydroxylation is 1. The molecule has 0 N–H and O–H groups in total. The van der Waals surface area contributed by atoms with Gasteiger partial charge in [-0.1, -0.05) is 13.0 Å². The zero-order valence-corrected chi connectivity index (χ0v) is 10.8. The molecule has 92 valence electrons. The van der Waals surface area contributed by atoms with Crippen molar-refractivity contribution < 1.29 is 0 Å². The smallest absolute Gasteiger partial charge is 0.129 e. The van der Waals surface area contributed by atoms with Gasteiger partial charge in [-0.2, -0.15) is 0 Å². The molecule has 0 aromatic carbocycles. The zero-order chi connectivity index (χ0) is 11.8. The quantitative estimate of drug-likeness (QED) is 0.773. The maximum Gasteiger partial charge on any atom is 0.129 e. The lowest BCUT2D eigenvalue weighted by Crippen LogP contribution is -2.35. The Bertz CT molecular complexity index is 404. The molecular weight excluding hydrogens is 210 g/mol. The van der Waals surface area contributed by atoms with Crippen molar-refractivity contribution in [2.24, 2.45) is 5.92 Å². The molecule has 1 aromatic rings. The lowest BCUT2D eigenvalue weighted by Gasteiger charge is -2.25. The second-order valence-corrected chi connectivity index (χ2v) is 5.37. The molecule has 17 heavy (non-hydrogen) atoms. The second-order valence-electron chi connectivity index (χ2n) is 5.37. The van der Waals surface area contributed by atoms with Gasteiger partial charge in [-0.15, -0.1) is 0 Å². The predicted molar refractivity (Wildman–Crippen MR) is 70.4 cm³/mol. The third-order valence-electron chi connectivity index (χ3n) is 4.18. The van der Waals surface area contributed by atoms with E-state index in [1.807, 2.05) is 0 Å². The Kier molecular flexibility index (Phi) is 2.79. The molecule has 2 saturated heterocycles. The maximum atomic E-state index is 4.77. The van der Waals surface area contributed by atoms with Crippen LogP contribution >= 0.6 is 0 Å². The topological polar surface area (TPSA) is 19.4 Å². The Labute approximate surface area is 103 Å². The highest BCUT2D eigenvalue weighted by molar-refractivity contribution is 5.43. The van der Waals surface area contributed by atoms with Crippen LogP contribution < -0.4 is 4.90 Å². The Morgan fingerprint density at radius 1 is 1.35 bits per heavy atom. The van der Waals surface area contributed by atoms with Gasteiger partial charge in [0.25, 0.3) is 0 Å². The van der Waals surface area contributed by atoms with Crippen LogP contribution in [0.4, 0.5) is 5.82 Å². The molecule has 0 unspecified atom stereocenters. The Morgan fingerprint density at radius 2 is 2.24 bits per heavy atom. The molecule has 2 aliphatic heterocycles. The minimum Gasteiger partial charge on any atom is -0.352 e. The van der Waals surface area contributed by atoms with Crippen LogP contribution in [0.5, 0.6) is 0 Å². The fourth-order valence-corrected chi connectivity index (χ4v) is 3.28. The van der Waals surface area contributed by atoms with Gasteiger partial charge < -0.3 is 9.80 Å². The summed E-state index contributed by atoms with van der Waals surface area (Å²) in [5, 5.41) is 0. The molecule has 0 aliphatic carbocycles. The normalized spacial score (nSPS) is 28.7. The van der Waals surface area contributed by atoms with E-state index in [0.717, 1.165) is 12.3 Å². The van der Waals surface area contributed by atoms with Gasteiger partial charge in [0.15, 0.2) is 0 Å². The molecule has 0 radical (unpaired) electrons. The fraction of sp³-hybridized carbons (Fsp3) is 0.643. The SMILES string of the molecule is CCc1cccc(N2CC[C@H]3CN(C)C[C@@H]32)n1. The second kappa shape index (κ2) is 4.30. The van der Waals surface area contributed by atoms with E-state index in [2.05, 4.69) is 42.0 Å². The fourth-order valence-electron chi connectivity index (χ4n) is 3.28. The number of fused-ring (bicyclic) bond motifs is 1. The molecule has 2 fully saturated rings. The van der Waals surface area contributed by atoms with Gasteiger partial charge in [-0.05, 0) is 37.9 Å². The van der Waals surface area contributed by atoms with E-state index in [1.165, 1.54) is 37.6 Å². The van der Waals surface area contributed by atoms with Crippen molar-refractivity contribution in [2.45, 2.75) is 25.8 Å². The van der Waals surface area contributed by atoms with Gasteiger partial charge in [-0.3, -0.25) is 0 Å². The summed E-state index contributed by atoms with van der Waals surface area (Å²) < 4.78 is 0. The average Bonchev–Trinajstić information content (AvgIpc) is 2.87. The van der Waals surface area contributed by atoms with Gasteiger partial charge in [0.1, 0.15) is 5.82 Å². The molecule has 0 saturated carbocycles. The minimum absolute atomic E-state index is 0.694. The predicted octanol–water partition coefficient (Wildman–Crippen LogP) is 1.78. The van der Waals surface area contributed by atoms with Crippen LogP contribution in [0.2, 0.25) is 0 Å². The Hall–Kier alpha value is -1.09. The summed E-state index contributed by atoms with van der Waals surface area (Å²) in [6.45, 7) is 5.81. The van der Waals surface area contributed by atoms with Crippen LogP contribution in [0, 0.1) is 5.92 Å². The largest absolute Gasteiger partial charge is 0.352 e. The minimum atomic E-state index is 0.694. The molecule has 0 amide bonds. The number of nitrogens with zero attached hydrogens (tertiary/aromatic N) is 3. The van der Waals surface area contributed by atoms with Crippen molar-refractivity contribution in [1.29, 1.82) is 0 Å². The molecule has 0 bridgehead atoms. The molecule has 3 heteroatoms. The number of likely N-dealkylation sites (tertiary alicyclic amines) is 1. The summed E-state index contributed by atoms with van der Waals surface area (Å²) in [5.41, 5.74) is 1.21. The van der Waals surface area contributed by atoms with E-state index in [4.69, 9.17) is 4.98 Å². The first-order valence-corrected chi connectivity index (χ1v) is 6.69. The molecule has 3 heterocycles. The zero-order valence-electron chi connectivity index (χ0n) is 10.8. The van der Waals surface area contributed by atoms with E-state index < -0.39 is 0 Å². The summed E-state index contributed by atoms with van der Waals surface area (Å²) in [6.07, 6.45) is 2.35. The first kappa shape index (κ1) is 11.0. The third kappa shape index (κ3) is 1.93. The Morgan fingerprint density at radius 3 is 3.06 bits per heavy atom. The van der Waals surface area contributed by atoms with Crippen LogP contribution in [-0.2, 0) is 6.42 Å². The standard InChI is InChI=1S/C14H21N3/c1-3-12-5-4-6-14(15-12)17-8-7-11-9-16(2)10-13(11)17/h4-6,11,13H,3,7-10H2,1-2H3/t11-,13-/m0/s1. The van der Waals surface area contributed by atoms with E-state index in [1.54, 1.807) is 0 Å². The van der Waals surface area contributed by atoms with E-state index >= 15 is 0 Å². The van der Waals surface area contributed by atoms with Crippen molar-refractivity contribution in [2.75, 3.05) is 31.6 Å². The highest BCUT2D eigenvalue weighted by Crippen LogP contribution is 2.33. The van der Waals surface area contributed by atoms with Crippen LogP contribution in [-0.4, -0.2) is 42.6 Å². The van der Waals surface area contributed by atoms with Gasteiger partial charge in [0.2, 0.25) is 0 Å². The summed E-state index contributed by atoms with van der Waals surface area (Å²) >= 11 is 0. The maximum absolute atomic E-state index is 4.77.